The van der Waals surface area contributed by atoms with E-state index in [0.717, 1.165) is 19.3 Å². The highest BCUT2D eigenvalue weighted by Gasteiger charge is 2.13. The highest BCUT2D eigenvalue weighted by atomic mass is 16.5. The van der Waals surface area contributed by atoms with Crippen LogP contribution < -0.4 is 0 Å². The summed E-state index contributed by atoms with van der Waals surface area (Å²) < 4.78 is 4.70. The van der Waals surface area contributed by atoms with E-state index in [0.29, 0.717) is 6.42 Å². The lowest BCUT2D eigenvalue weighted by Crippen LogP contribution is -2.16. The van der Waals surface area contributed by atoms with Crippen LogP contribution in [0.15, 0.2) is 30.3 Å². The van der Waals surface area contributed by atoms with Crippen LogP contribution in [0.5, 0.6) is 0 Å². The fourth-order valence-electron chi connectivity index (χ4n) is 3.34. The predicted molar refractivity (Wildman–Crippen MR) is 112 cm³/mol. The molecule has 0 bridgehead atoms. The van der Waals surface area contributed by atoms with Gasteiger partial charge in [-0.1, -0.05) is 94.5 Å². The summed E-state index contributed by atoms with van der Waals surface area (Å²) >= 11 is 0. The van der Waals surface area contributed by atoms with Crippen LogP contribution in [-0.2, 0) is 20.7 Å². The van der Waals surface area contributed by atoms with E-state index in [4.69, 9.17) is 4.74 Å². The Kier molecular flexibility index (Phi) is 14.3. The Morgan fingerprint density at radius 1 is 0.704 bits per heavy atom. The molecule has 0 saturated heterocycles. The molecule has 27 heavy (non-hydrogen) atoms. The first-order valence-electron chi connectivity index (χ1n) is 11.0. The molecule has 1 aromatic carbocycles. The van der Waals surface area contributed by atoms with Gasteiger partial charge in [0.05, 0.1) is 6.61 Å². The minimum absolute atomic E-state index is 0.276. The highest BCUT2D eigenvalue weighted by Crippen LogP contribution is 2.13. The number of rotatable bonds is 17. The fraction of sp³-hybridized carbons (Fsp3) is 0.667. The third-order valence-corrected chi connectivity index (χ3v) is 4.97. The maximum atomic E-state index is 11.4. The number of aryl methyl sites for hydroxylation is 1. The Balaban J connectivity index is 1.78. The minimum atomic E-state index is -0.669. The van der Waals surface area contributed by atoms with Gasteiger partial charge in [-0.25, -0.2) is 4.79 Å². The zero-order valence-corrected chi connectivity index (χ0v) is 17.2. The summed E-state index contributed by atoms with van der Waals surface area (Å²) in [6.07, 6.45) is 16.5. The number of esters is 1. The normalized spacial score (nSPS) is 10.7. The van der Waals surface area contributed by atoms with Crippen LogP contribution in [0.1, 0.15) is 96.0 Å². The zero-order chi connectivity index (χ0) is 19.6. The van der Waals surface area contributed by atoms with E-state index in [1.807, 2.05) is 0 Å². The van der Waals surface area contributed by atoms with Gasteiger partial charge >= 0.3 is 5.97 Å². The summed E-state index contributed by atoms with van der Waals surface area (Å²) in [5, 5.41) is 0. The Bertz CT molecular complexity index is 496. The van der Waals surface area contributed by atoms with Gasteiger partial charge < -0.3 is 4.74 Å². The number of benzene rings is 1. The summed E-state index contributed by atoms with van der Waals surface area (Å²) in [6, 6.07) is 10.8. The predicted octanol–water partition coefficient (Wildman–Crippen LogP) is 6.43. The van der Waals surface area contributed by atoms with Crippen LogP contribution in [0, 0.1) is 0 Å². The van der Waals surface area contributed by atoms with Crippen molar-refractivity contribution in [3.63, 3.8) is 0 Å². The van der Waals surface area contributed by atoms with Crippen molar-refractivity contribution in [3.8, 4) is 0 Å². The molecule has 0 atom stereocenters. The van der Waals surface area contributed by atoms with Crippen LogP contribution in [0.2, 0.25) is 0 Å². The van der Waals surface area contributed by atoms with E-state index in [9.17, 15) is 9.59 Å². The van der Waals surface area contributed by atoms with Crippen LogP contribution in [0.25, 0.3) is 0 Å². The Morgan fingerprint density at radius 2 is 1.19 bits per heavy atom. The molecule has 3 heteroatoms. The first kappa shape index (κ1) is 23.4. The molecule has 0 aliphatic rings. The second kappa shape index (κ2) is 16.5. The number of hydrogen-bond acceptors (Lipinski definition) is 3. The topological polar surface area (TPSA) is 43.4 Å². The summed E-state index contributed by atoms with van der Waals surface area (Å²) in [5.41, 5.74) is 1.46. The first-order valence-corrected chi connectivity index (χ1v) is 11.0. The second-order valence-corrected chi connectivity index (χ2v) is 7.37. The van der Waals surface area contributed by atoms with Gasteiger partial charge in [0.2, 0.25) is 5.78 Å². The fourth-order valence-corrected chi connectivity index (χ4v) is 3.34. The van der Waals surface area contributed by atoms with E-state index in [1.54, 1.807) is 6.92 Å². The Hall–Kier alpha value is -1.64. The highest BCUT2D eigenvalue weighted by molar-refractivity contribution is 6.33. The van der Waals surface area contributed by atoms with Crippen molar-refractivity contribution in [3.05, 3.63) is 35.9 Å². The molecule has 0 aliphatic carbocycles. The van der Waals surface area contributed by atoms with Gasteiger partial charge in [0, 0.05) is 6.42 Å². The van der Waals surface area contributed by atoms with Crippen molar-refractivity contribution in [2.45, 2.75) is 96.8 Å². The van der Waals surface area contributed by atoms with Crippen LogP contribution >= 0.6 is 0 Å². The van der Waals surface area contributed by atoms with Gasteiger partial charge in [-0.15, -0.1) is 0 Å². The maximum absolute atomic E-state index is 11.4. The number of carbonyl (C=O) groups excluding carboxylic acids is 2. The Morgan fingerprint density at radius 3 is 1.70 bits per heavy atom. The third kappa shape index (κ3) is 13.2. The lowest BCUT2D eigenvalue weighted by atomic mass is 10.0. The van der Waals surface area contributed by atoms with Crippen molar-refractivity contribution in [2.24, 2.45) is 0 Å². The summed E-state index contributed by atoms with van der Waals surface area (Å²) in [6.45, 7) is 2.00. The van der Waals surface area contributed by atoms with Crippen molar-refractivity contribution >= 4 is 11.8 Å². The monoisotopic (exact) mass is 374 g/mol. The van der Waals surface area contributed by atoms with Crippen LogP contribution in [0.4, 0.5) is 0 Å². The van der Waals surface area contributed by atoms with E-state index in [1.165, 1.54) is 69.8 Å². The van der Waals surface area contributed by atoms with Gasteiger partial charge in [0.1, 0.15) is 0 Å². The summed E-state index contributed by atoms with van der Waals surface area (Å²) in [4.78, 5) is 22.6. The maximum Gasteiger partial charge on any atom is 0.374 e. The van der Waals surface area contributed by atoms with Gasteiger partial charge in [0.25, 0.3) is 0 Å². The molecule has 0 heterocycles. The number of Topliss-reactive ketones (excluding diaryl/α,β-unsaturated/α-hetero) is 1. The third-order valence-electron chi connectivity index (χ3n) is 4.97. The molecule has 0 fully saturated rings. The molecule has 3 nitrogen and oxygen atoms in total. The SMILES string of the molecule is CCOC(=O)C(=O)CCCCCCCCCCCCCCc1ccccc1. The standard InChI is InChI=1S/C24H38O3/c1-2-27-24(26)23(25)21-17-12-10-8-6-4-3-5-7-9-11-14-18-22-19-15-13-16-20-22/h13,15-16,19-20H,2-12,14,17-18,21H2,1H3. The molecule has 0 aliphatic heterocycles. The van der Waals surface area contributed by atoms with E-state index in [-0.39, 0.29) is 12.4 Å². The summed E-state index contributed by atoms with van der Waals surface area (Å²) in [7, 11) is 0. The van der Waals surface area contributed by atoms with Gasteiger partial charge in [-0.3, -0.25) is 4.79 Å². The van der Waals surface area contributed by atoms with Gasteiger partial charge in [-0.05, 0) is 31.7 Å². The molecule has 0 radical (unpaired) electrons. The van der Waals surface area contributed by atoms with Crippen molar-refractivity contribution in [1.29, 1.82) is 0 Å². The number of carbonyl (C=O) groups is 2. The quantitative estimate of drug-likeness (QED) is 0.179. The molecule has 0 N–H and O–H groups in total. The smallest absolute Gasteiger partial charge is 0.374 e. The van der Waals surface area contributed by atoms with E-state index >= 15 is 0 Å². The van der Waals surface area contributed by atoms with Gasteiger partial charge in [0.15, 0.2) is 0 Å². The molecule has 0 amide bonds. The lowest BCUT2D eigenvalue weighted by molar-refractivity contribution is -0.153. The molecule has 152 valence electrons. The largest absolute Gasteiger partial charge is 0.460 e. The molecular weight excluding hydrogens is 336 g/mol. The molecule has 1 rings (SSSR count). The Labute approximate surface area is 165 Å². The molecular formula is C24H38O3. The second-order valence-electron chi connectivity index (χ2n) is 7.37. The first-order chi connectivity index (χ1) is 13.2. The molecule has 0 aromatic heterocycles. The minimum Gasteiger partial charge on any atom is -0.460 e. The molecule has 0 unspecified atom stereocenters. The van der Waals surface area contributed by atoms with E-state index in [2.05, 4.69) is 30.3 Å². The van der Waals surface area contributed by atoms with Gasteiger partial charge in [-0.2, -0.15) is 0 Å². The number of unbranched alkanes of at least 4 members (excludes halogenated alkanes) is 11. The average Bonchev–Trinajstić information content (AvgIpc) is 2.69. The lowest BCUT2D eigenvalue weighted by Gasteiger charge is -2.04. The van der Waals surface area contributed by atoms with Crippen LogP contribution in [0.3, 0.4) is 0 Å². The molecule has 1 aromatic rings. The molecule has 0 spiro atoms. The van der Waals surface area contributed by atoms with Crippen LogP contribution in [-0.4, -0.2) is 18.4 Å². The summed E-state index contributed by atoms with van der Waals surface area (Å²) in [5.74, 6) is -1.04. The van der Waals surface area contributed by atoms with E-state index < -0.39 is 5.97 Å². The number of ether oxygens (including phenoxy) is 1. The van der Waals surface area contributed by atoms with Crippen molar-refractivity contribution in [2.75, 3.05) is 6.61 Å². The number of ketones is 1. The zero-order valence-electron chi connectivity index (χ0n) is 17.2. The number of hydrogen-bond donors (Lipinski definition) is 0. The average molecular weight is 375 g/mol. The van der Waals surface area contributed by atoms with Crippen molar-refractivity contribution in [1.82, 2.24) is 0 Å². The van der Waals surface area contributed by atoms with Crippen molar-refractivity contribution < 1.29 is 14.3 Å². The molecule has 0 saturated carbocycles.